The first-order valence-electron chi connectivity index (χ1n) is 11.0. The summed E-state index contributed by atoms with van der Waals surface area (Å²) in [5.74, 6) is 0.690. The first-order valence-corrected chi connectivity index (χ1v) is 11.0. The van der Waals surface area contributed by atoms with E-state index in [1.54, 1.807) is 18.7 Å². The molecule has 2 N–H and O–H groups in total. The van der Waals surface area contributed by atoms with Gasteiger partial charge in [-0.05, 0) is 24.3 Å². The number of furan rings is 1. The van der Waals surface area contributed by atoms with Gasteiger partial charge in [-0.25, -0.2) is 4.98 Å². The molecule has 1 aliphatic rings. The van der Waals surface area contributed by atoms with Crippen molar-refractivity contribution in [2.24, 2.45) is 4.99 Å². The molecule has 1 aliphatic heterocycles. The maximum absolute atomic E-state index is 5.26. The molecule has 0 aliphatic carbocycles. The number of rotatable bonds is 4. The van der Waals surface area contributed by atoms with Crippen LogP contribution in [0.15, 0.2) is 71.0 Å². The van der Waals surface area contributed by atoms with Gasteiger partial charge in [0, 0.05) is 49.7 Å². The molecular formula is C25H22N8O. The van der Waals surface area contributed by atoms with Crippen LogP contribution in [0.5, 0.6) is 0 Å². The number of hydrogen-bond acceptors (Lipinski definition) is 8. The zero-order chi connectivity index (χ0) is 23.1. The van der Waals surface area contributed by atoms with Gasteiger partial charge in [0.2, 0.25) is 0 Å². The zero-order valence-corrected chi connectivity index (χ0v) is 18.8. The molecule has 0 amide bonds. The molecule has 0 saturated heterocycles. The lowest BCUT2D eigenvalue weighted by Gasteiger charge is -2.14. The predicted octanol–water partition coefficient (Wildman–Crippen LogP) is 4.00. The Kier molecular flexibility index (Phi) is 4.80. The Balaban J connectivity index is 1.48. The standard InChI is InChI=1S/C25H22N8O/c1-33(2)17-9-16(11-26-12-17)20-10-18-21(13-30-20)27-6-7-29-23(18)25-31-19-3-5-28-22(24(19)32-25)15-4-8-34-14-15/h3-5,8-14,27H,6-7H2,1-2H3,(H,31,32). The third-order valence-corrected chi connectivity index (χ3v) is 5.81. The average Bonchev–Trinajstić information content (AvgIpc) is 3.50. The molecule has 6 heterocycles. The lowest BCUT2D eigenvalue weighted by atomic mass is 10.0. The molecule has 168 valence electrons. The normalized spacial score (nSPS) is 13.2. The molecule has 6 rings (SSSR count). The minimum Gasteiger partial charge on any atom is -0.472 e. The number of pyridine rings is 3. The van der Waals surface area contributed by atoms with E-state index in [0.29, 0.717) is 12.4 Å². The molecule has 9 heteroatoms. The Morgan fingerprint density at radius 1 is 1.03 bits per heavy atom. The summed E-state index contributed by atoms with van der Waals surface area (Å²) in [6.07, 6.45) is 10.6. The Morgan fingerprint density at radius 2 is 1.97 bits per heavy atom. The van der Waals surface area contributed by atoms with Gasteiger partial charge in [-0.3, -0.25) is 19.9 Å². The van der Waals surface area contributed by atoms with Crippen LogP contribution in [0.1, 0.15) is 11.4 Å². The summed E-state index contributed by atoms with van der Waals surface area (Å²) in [7, 11) is 3.99. The quantitative estimate of drug-likeness (QED) is 0.426. The van der Waals surface area contributed by atoms with Crippen molar-refractivity contribution >= 4 is 28.1 Å². The molecule has 0 radical (unpaired) electrons. The number of anilines is 2. The second kappa shape index (κ2) is 8.11. The Labute approximate surface area is 195 Å². The fourth-order valence-corrected chi connectivity index (χ4v) is 4.07. The molecule has 0 unspecified atom stereocenters. The summed E-state index contributed by atoms with van der Waals surface area (Å²) in [6.45, 7) is 1.35. The fraction of sp³-hybridized carbons (Fsp3) is 0.160. The van der Waals surface area contributed by atoms with E-state index in [1.165, 1.54) is 0 Å². The molecule has 0 spiro atoms. The van der Waals surface area contributed by atoms with E-state index in [4.69, 9.17) is 19.4 Å². The van der Waals surface area contributed by atoms with Crippen molar-refractivity contribution in [2.75, 3.05) is 37.4 Å². The minimum atomic E-state index is 0.626. The summed E-state index contributed by atoms with van der Waals surface area (Å²) in [6, 6.07) is 7.92. The Hall–Kier alpha value is -4.53. The number of aliphatic imine (C=N–C) groups is 1. The second-order valence-electron chi connectivity index (χ2n) is 8.25. The van der Waals surface area contributed by atoms with E-state index in [2.05, 4.69) is 26.3 Å². The number of H-pyrrole nitrogens is 1. The maximum atomic E-state index is 5.26. The summed E-state index contributed by atoms with van der Waals surface area (Å²) >= 11 is 0. The summed E-state index contributed by atoms with van der Waals surface area (Å²) in [4.78, 5) is 28.9. The monoisotopic (exact) mass is 450 g/mol. The van der Waals surface area contributed by atoms with E-state index >= 15 is 0 Å². The van der Waals surface area contributed by atoms with Gasteiger partial charge in [-0.2, -0.15) is 0 Å². The smallest absolute Gasteiger partial charge is 0.157 e. The zero-order valence-electron chi connectivity index (χ0n) is 18.8. The highest BCUT2D eigenvalue weighted by atomic mass is 16.3. The maximum Gasteiger partial charge on any atom is 0.157 e. The van der Waals surface area contributed by atoms with Crippen molar-refractivity contribution in [1.29, 1.82) is 0 Å². The number of aromatic amines is 1. The number of nitrogens with zero attached hydrogens (tertiary/aromatic N) is 6. The van der Waals surface area contributed by atoms with Gasteiger partial charge >= 0.3 is 0 Å². The van der Waals surface area contributed by atoms with Gasteiger partial charge < -0.3 is 19.6 Å². The SMILES string of the molecule is CN(C)c1cncc(-c2cc3c(cn2)NCCN=C3c2nc3c(-c4ccoc4)nccc3[nH]2)c1. The molecule has 0 bridgehead atoms. The van der Waals surface area contributed by atoms with Crippen LogP contribution in [0.25, 0.3) is 33.5 Å². The van der Waals surface area contributed by atoms with E-state index < -0.39 is 0 Å². The van der Waals surface area contributed by atoms with Crippen LogP contribution in [0.3, 0.4) is 0 Å². The first kappa shape index (κ1) is 20.1. The molecule has 0 fully saturated rings. The largest absolute Gasteiger partial charge is 0.472 e. The molecule has 5 aromatic rings. The van der Waals surface area contributed by atoms with Crippen molar-refractivity contribution in [3.63, 3.8) is 0 Å². The number of aromatic nitrogens is 5. The van der Waals surface area contributed by atoms with Crippen LogP contribution >= 0.6 is 0 Å². The highest BCUT2D eigenvalue weighted by Crippen LogP contribution is 2.30. The molecule has 34 heavy (non-hydrogen) atoms. The third-order valence-electron chi connectivity index (χ3n) is 5.81. The van der Waals surface area contributed by atoms with E-state index in [-0.39, 0.29) is 0 Å². The Bertz CT molecular complexity index is 1520. The van der Waals surface area contributed by atoms with Crippen LogP contribution in [-0.4, -0.2) is 57.8 Å². The topological polar surface area (TPSA) is 108 Å². The molecule has 5 aromatic heterocycles. The van der Waals surface area contributed by atoms with E-state index in [1.807, 2.05) is 55.8 Å². The van der Waals surface area contributed by atoms with Crippen LogP contribution in [0.2, 0.25) is 0 Å². The average molecular weight is 451 g/mol. The van der Waals surface area contributed by atoms with E-state index in [0.717, 1.165) is 62.7 Å². The number of nitrogens with one attached hydrogen (secondary N) is 2. The molecule has 0 saturated carbocycles. The molecular weight excluding hydrogens is 428 g/mol. The third kappa shape index (κ3) is 3.47. The molecule has 0 aromatic carbocycles. The highest BCUT2D eigenvalue weighted by molar-refractivity contribution is 6.16. The minimum absolute atomic E-state index is 0.626. The number of fused-ring (bicyclic) bond motifs is 2. The van der Waals surface area contributed by atoms with Gasteiger partial charge in [0.15, 0.2) is 5.82 Å². The molecule has 9 nitrogen and oxygen atoms in total. The van der Waals surface area contributed by atoms with Crippen LogP contribution in [0, 0.1) is 0 Å². The van der Waals surface area contributed by atoms with Crippen LogP contribution in [-0.2, 0) is 0 Å². The molecule has 0 atom stereocenters. The highest BCUT2D eigenvalue weighted by Gasteiger charge is 2.21. The number of imidazole rings is 1. The first-order chi connectivity index (χ1) is 16.7. The van der Waals surface area contributed by atoms with Crippen molar-refractivity contribution in [2.45, 2.75) is 0 Å². The van der Waals surface area contributed by atoms with Crippen LogP contribution in [0.4, 0.5) is 11.4 Å². The van der Waals surface area contributed by atoms with Crippen LogP contribution < -0.4 is 10.2 Å². The second-order valence-corrected chi connectivity index (χ2v) is 8.25. The van der Waals surface area contributed by atoms with Gasteiger partial charge in [-0.15, -0.1) is 0 Å². The van der Waals surface area contributed by atoms with Crippen molar-refractivity contribution in [3.05, 3.63) is 73.0 Å². The van der Waals surface area contributed by atoms with Gasteiger partial charge in [0.1, 0.15) is 16.9 Å². The van der Waals surface area contributed by atoms with Crippen molar-refractivity contribution in [3.8, 4) is 22.5 Å². The lowest BCUT2D eigenvalue weighted by Crippen LogP contribution is -2.10. The van der Waals surface area contributed by atoms with E-state index in [9.17, 15) is 0 Å². The summed E-state index contributed by atoms with van der Waals surface area (Å²) in [5, 5.41) is 3.43. The van der Waals surface area contributed by atoms with Crippen molar-refractivity contribution < 1.29 is 4.42 Å². The summed E-state index contributed by atoms with van der Waals surface area (Å²) < 4.78 is 5.26. The lowest BCUT2D eigenvalue weighted by molar-refractivity contribution is 0.568. The Morgan fingerprint density at radius 3 is 2.82 bits per heavy atom. The van der Waals surface area contributed by atoms with Gasteiger partial charge in [0.25, 0.3) is 0 Å². The summed E-state index contributed by atoms with van der Waals surface area (Å²) in [5.41, 5.74) is 8.73. The predicted molar refractivity (Wildman–Crippen MR) is 132 cm³/mol. The van der Waals surface area contributed by atoms with Gasteiger partial charge in [-0.1, -0.05) is 0 Å². The number of hydrogen-bond donors (Lipinski definition) is 2. The fourth-order valence-electron chi connectivity index (χ4n) is 4.07. The van der Waals surface area contributed by atoms with Gasteiger partial charge in [0.05, 0.1) is 54.1 Å². The van der Waals surface area contributed by atoms with Crippen molar-refractivity contribution in [1.82, 2.24) is 24.9 Å².